The number of piperidine rings is 1. The largest absolute Gasteiger partial charge is 0.303 e. The van der Waals surface area contributed by atoms with E-state index in [-0.39, 0.29) is 0 Å². The second-order valence-corrected chi connectivity index (χ2v) is 12.6. The van der Waals surface area contributed by atoms with Crippen LogP contribution in [-0.4, -0.2) is 24.5 Å². The topological polar surface area (TPSA) is 3.24 Å². The van der Waals surface area contributed by atoms with Gasteiger partial charge in [-0.15, -0.1) is 0 Å². The summed E-state index contributed by atoms with van der Waals surface area (Å²) in [6.07, 6.45) is 16.5. The molecule has 4 rings (SSSR count). The number of likely N-dealkylation sites (tertiary alicyclic amines) is 1. The van der Waals surface area contributed by atoms with E-state index in [9.17, 15) is 0 Å². The summed E-state index contributed by atoms with van der Waals surface area (Å²) in [7, 11) is 2.42. The third kappa shape index (κ3) is 3.40. The minimum Gasteiger partial charge on any atom is -0.303 e. The minimum absolute atomic E-state index is 0.609. The van der Waals surface area contributed by atoms with Crippen molar-refractivity contribution in [3.05, 3.63) is 0 Å². The molecule has 1 heterocycles. The maximum atomic E-state index is 2.74. The molecule has 0 unspecified atom stereocenters. The van der Waals surface area contributed by atoms with Gasteiger partial charge in [0.1, 0.15) is 0 Å². The standard InChI is InChI=1S/C27H49N/c1-19(2)9-7-10-20(3)22-12-13-23-21-11-14-25-27(5,16-8-18-28(25)6)24(21)15-17-26(22,23)4/h19-25H,7-18H2,1-6H3/t20-,21+,22-,23+,24+,25-,26-,27-/m1/s1. The average Bonchev–Trinajstić information content (AvgIpc) is 2.98. The van der Waals surface area contributed by atoms with Crippen molar-refractivity contribution in [2.24, 2.45) is 46.3 Å². The molecule has 0 amide bonds. The second-order valence-electron chi connectivity index (χ2n) is 12.6. The summed E-state index contributed by atoms with van der Waals surface area (Å²) < 4.78 is 0. The molecule has 0 bridgehead atoms. The fourth-order valence-electron chi connectivity index (χ4n) is 9.40. The first-order chi connectivity index (χ1) is 13.3. The molecule has 28 heavy (non-hydrogen) atoms. The first kappa shape index (κ1) is 21.2. The summed E-state index contributed by atoms with van der Waals surface area (Å²) >= 11 is 0. The predicted molar refractivity (Wildman–Crippen MR) is 121 cm³/mol. The van der Waals surface area contributed by atoms with E-state index in [2.05, 4.69) is 46.6 Å². The molecule has 162 valence electrons. The summed E-state index contributed by atoms with van der Waals surface area (Å²) in [5, 5.41) is 0. The predicted octanol–water partition coefficient (Wildman–Crippen LogP) is 7.40. The van der Waals surface area contributed by atoms with Crippen LogP contribution in [0.4, 0.5) is 0 Å². The van der Waals surface area contributed by atoms with Gasteiger partial charge in [0.25, 0.3) is 0 Å². The van der Waals surface area contributed by atoms with Gasteiger partial charge in [0, 0.05) is 6.04 Å². The Labute approximate surface area is 176 Å². The molecule has 1 aliphatic heterocycles. The normalized spacial score (nSPS) is 47.5. The van der Waals surface area contributed by atoms with E-state index < -0.39 is 0 Å². The molecule has 3 saturated carbocycles. The van der Waals surface area contributed by atoms with Gasteiger partial charge in [0.05, 0.1) is 0 Å². The summed E-state index contributed by atoms with van der Waals surface area (Å²) in [4.78, 5) is 2.74. The van der Waals surface area contributed by atoms with Crippen LogP contribution in [0.3, 0.4) is 0 Å². The average molecular weight is 388 g/mol. The van der Waals surface area contributed by atoms with Crippen LogP contribution in [0, 0.1) is 46.3 Å². The molecular formula is C27H49N. The van der Waals surface area contributed by atoms with Gasteiger partial charge in [-0.25, -0.2) is 0 Å². The zero-order chi connectivity index (χ0) is 20.1. The van der Waals surface area contributed by atoms with Crippen molar-refractivity contribution in [2.75, 3.05) is 13.6 Å². The first-order valence-electron chi connectivity index (χ1n) is 13.0. The van der Waals surface area contributed by atoms with Crippen molar-refractivity contribution in [2.45, 2.75) is 111 Å². The van der Waals surface area contributed by atoms with Crippen molar-refractivity contribution in [1.82, 2.24) is 4.90 Å². The Morgan fingerprint density at radius 2 is 1.61 bits per heavy atom. The number of hydrogen-bond acceptors (Lipinski definition) is 1. The molecule has 1 saturated heterocycles. The Morgan fingerprint density at radius 3 is 2.36 bits per heavy atom. The highest BCUT2D eigenvalue weighted by molar-refractivity contribution is 5.10. The van der Waals surface area contributed by atoms with E-state index >= 15 is 0 Å². The van der Waals surface area contributed by atoms with Gasteiger partial charge in [-0.1, -0.05) is 53.9 Å². The highest BCUT2D eigenvalue weighted by Crippen LogP contribution is 2.67. The number of hydrogen-bond donors (Lipinski definition) is 0. The lowest BCUT2D eigenvalue weighted by atomic mass is 9.46. The van der Waals surface area contributed by atoms with Crippen LogP contribution in [-0.2, 0) is 0 Å². The minimum atomic E-state index is 0.609. The van der Waals surface area contributed by atoms with Gasteiger partial charge >= 0.3 is 0 Å². The van der Waals surface area contributed by atoms with Crippen molar-refractivity contribution in [3.63, 3.8) is 0 Å². The molecule has 1 heteroatoms. The van der Waals surface area contributed by atoms with E-state index in [4.69, 9.17) is 0 Å². The fraction of sp³-hybridized carbons (Fsp3) is 1.00. The SMILES string of the molecule is CC(C)CCC[C@@H](C)[C@H]1CC[C@H]2[C@@H]3CC[C@H]4N(C)CCC[C@]4(C)[C@H]3CC[C@]12C. The van der Waals surface area contributed by atoms with E-state index in [1.807, 2.05) is 0 Å². The summed E-state index contributed by atoms with van der Waals surface area (Å²) in [6.45, 7) is 14.2. The molecule has 0 aromatic heterocycles. The number of fused-ring (bicyclic) bond motifs is 5. The van der Waals surface area contributed by atoms with Crippen LogP contribution in [0.5, 0.6) is 0 Å². The van der Waals surface area contributed by atoms with E-state index in [0.29, 0.717) is 10.8 Å². The molecule has 3 aliphatic carbocycles. The van der Waals surface area contributed by atoms with Crippen molar-refractivity contribution in [1.29, 1.82) is 0 Å². The molecule has 4 aliphatic rings. The van der Waals surface area contributed by atoms with E-state index in [1.165, 1.54) is 70.8 Å². The Balaban J connectivity index is 1.47. The van der Waals surface area contributed by atoms with Crippen LogP contribution < -0.4 is 0 Å². The quantitative estimate of drug-likeness (QED) is 0.475. The smallest absolute Gasteiger partial charge is 0.0149 e. The maximum Gasteiger partial charge on any atom is 0.0149 e. The lowest BCUT2D eigenvalue weighted by Gasteiger charge is -2.62. The summed E-state index contributed by atoms with van der Waals surface area (Å²) in [5.74, 6) is 5.91. The van der Waals surface area contributed by atoms with Gasteiger partial charge < -0.3 is 4.90 Å². The van der Waals surface area contributed by atoms with Crippen molar-refractivity contribution >= 4 is 0 Å². The van der Waals surface area contributed by atoms with Crippen LogP contribution in [0.1, 0.15) is 105 Å². The number of nitrogens with zero attached hydrogens (tertiary/aromatic N) is 1. The highest BCUT2D eigenvalue weighted by Gasteiger charge is 2.60. The van der Waals surface area contributed by atoms with Crippen LogP contribution in [0.15, 0.2) is 0 Å². The molecule has 8 atom stereocenters. The second kappa shape index (κ2) is 7.90. The summed E-state index contributed by atoms with van der Waals surface area (Å²) in [6, 6.07) is 0.874. The molecule has 0 aromatic carbocycles. The zero-order valence-corrected chi connectivity index (χ0v) is 20.0. The highest BCUT2D eigenvalue weighted by atomic mass is 15.2. The molecule has 1 nitrogen and oxygen atoms in total. The van der Waals surface area contributed by atoms with E-state index in [0.717, 1.165) is 41.5 Å². The zero-order valence-electron chi connectivity index (χ0n) is 20.0. The molecular weight excluding hydrogens is 338 g/mol. The molecule has 0 aromatic rings. The lowest BCUT2D eigenvalue weighted by Crippen LogP contribution is -2.60. The molecule has 0 N–H and O–H groups in total. The molecule has 0 radical (unpaired) electrons. The Bertz CT molecular complexity index is 540. The summed E-state index contributed by atoms with van der Waals surface area (Å²) in [5.41, 5.74) is 1.26. The maximum absolute atomic E-state index is 2.74. The van der Waals surface area contributed by atoms with Crippen LogP contribution in [0.2, 0.25) is 0 Å². The Morgan fingerprint density at radius 1 is 0.857 bits per heavy atom. The Hall–Kier alpha value is -0.0400. The van der Waals surface area contributed by atoms with Gasteiger partial charge in [-0.3, -0.25) is 0 Å². The lowest BCUT2D eigenvalue weighted by molar-refractivity contribution is -0.125. The Kier molecular flexibility index (Phi) is 5.98. The molecule has 4 fully saturated rings. The van der Waals surface area contributed by atoms with Crippen molar-refractivity contribution < 1.29 is 0 Å². The van der Waals surface area contributed by atoms with Crippen molar-refractivity contribution in [3.8, 4) is 0 Å². The van der Waals surface area contributed by atoms with Crippen LogP contribution >= 0.6 is 0 Å². The third-order valence-corrected chi connectivity index (χ3v) is 10.8. The van der Waals surface area contributed by atoms with E-state index in [1.54, 1.807) is 6.42 Å². The van der Waals surface area contributed by atoms with Gasteiger partial charge in [0.15, 0.2) is 0 Å². The molecule has 0 spiro atoms. The van der Waals surface area contributed by atoms with Gasteiger partial charge in [-0.2, -0.15) is 0 Å². The van der Waals surface area contributed by atoms with Gasteiger partial charge in [-0.05, 0) is 111 Å². The van der Waals surface area contributed by atoms with Crippen LogP contribution in [0.25, 0.3) is 0 Å². The first-order valence-corrected chi connectivity index (χ1v) is 13.0. The fourth-order valence-corrected chi connectivity index (χ4v) is 9.40. The van der Waals surface area contributed by atoms with Gasteiger partial charge in [0.2, 0.25) is 0 Å². The third-order valence-electron chi connectivity index (χ3n) is 10.8. The monoisotopic (exact) mass is 387 g/mol. The number of rotatable bonds is 5.